The molecule has 0 aliphatic heterocycles. The smallest absolute Gasteiger partial charge is 0.113 e. The summed E-state index contributed by atoms with van der Waals surface area (Å²) in [5.41, 5.74) is 1.03. The van der Waals surface area contributed by atoms with E-state index in [1.807, 2.05) is 22.8 Å². The Morgan fingerprint density at radius 1 is 1.37 bits per heavy atom. The van der Waals surface area contributed by atoms with Gasteiger partial charge < -0.3 is 14.8 Å². The first kappa shape index (κ1) is 14.5. The first-order valence-corrected chi connectivity index (χ1v) is 6.99. The van der Waals surface area contributed by atoms with Gasteiger partial charge in [0.15, 0.2) is 0 Å². The molecule has 0 bridgehead atoms. The van der Waals surface area contributed by atoms with Crippen LogP contribution in [0.3, 0.4) is 0 Å². The quantitative estimate of drug-likeness (QED) is 0.874. The number of imidazole rings is 1. The van der Waals surface area contributed by atoms with Crippen LogP contribution < -0.4 is 0 Å². The lowest BCUT2D eigenvalue weighted by molar-refractivity contribution is 0.0806. The van der Waals surface area contributed by atoms with Gasteiger partial charge >= 0.3 is 0 Å². The zero-order valence-electron chi connectivity index (χ0n) is 10.1. The summed E-state index contributed by atoms with van der Waals surface area (Å²) in [6.45, 7) is 0.0634. The highest BCUT2D eigenvalue weighted by atomic mass is 79.9. The lowest BCUT2D eigenvalue weighted by Gasteiger charge is -2.11. The maximum absolute atomic E-state index is 9.48. The molecule has 0 saturated heterocycles. The van der Waals surface area contributed by atoms with E-state index >= 15 is 0 Å². The first-order valence-electron chi connectivity index (χ1n) is 5.82. The number of benzene rings is 1. The molecule has 102 valence electrons. The molecule has 2 rings (SSSR count). The average Bonchev–Trinajstić information content (AvgIpc) is 2.75. The van der Waals surface area contributed by atoms with E-state index in [9.17, 15) is 5.11 Å². The SMILES string of the molecule is OCC(O)Cn1ccnc1Cc1cc(Cl)cc(Br)c1. The van der Waals surface area contributed by atoms with Crippen LogP contribution in [0.25, 0.3) is 0 Å². The number of halogens is 2. The highest BCUT2D eigenvalue weighted by molar-refractivity contribution is 9.10. The van der Waals surface area contributed by atoms with Gasteiger partial charge in [-0.3, -0.25) is 0 Å². The molecule has 1 atom stereocenters. The molecule has 1 heterocycles. The van der Waals surface area contributed by atoms with E-state index in [1.54, 1.807) is 12.4 Å². The molecule has 0 amide bonds. The van der Waals surface area contributed by atoms with E-state index in [0.717, 1.165) is 15.9 Å². The zero-order chi connectivity index (χ0) is 13.8. The third-order valence-electron chi connectivity index (χ3n) is 2.70. The van der Waals surface area contributed by atoms with Crippen molar-refractivity contribution in [3.63, 3.8) is 0 Å². The van der Waals surface area contributed by atoms with Gasteiger partial charge in [-0.05, 0) is 23.8 Å². The van der Waals surface area contributed by atoms with Crippen molar-refractivity contribution < 1.29 is 10.2 Å². The molecular formula is C13H14BrClN2O2. The van der Waals surface area contributed by atoms with Gasteiger partial charge in [0.2, 0.25) is 0 Å². The lowest BCUT2D eigenvalue weighted by atomic mass is 10.1. The van der Waals surface area contributed by atoms with Gasteiger partial charge in [-0.1, -0.05) is 27.5 Å². The summed E-state index contributed by atoms with van der Waals surface area (Å²) in [6.07, 6.45) is 3.30. The van der Waals surface area contributed by atoms with Gasteiger partial charge in [0.1, 0.15) is 5.82 Å². The van der Waals surface area contributed by atoms with Crippen LogP contribution in [0.5, 0.6) is 0 Å². The Morgan fingerprint density at radius 2 is 2.16 bits per heavy atom. The summed E-state index contributed by atoms with van der Waals surface area (Å²) in [5, 5.41) is 19.0. The second-order valence-corrected chi connectivity index (χ2v) is 5.64. The van der Waals surface area contributed by atoms with Crippen LogP contribution in [0.2, 0.25) is 5.02 Å². The van der Waals surface area contributed by atoms with Gasteiger partial charge in [-0.2, -0.15) is 0 Å². The van der Waals surface area contributed by atoms with Crippen LogP contribution in [0, 0.1) is 0 Å². The summed E-state index contributed by atoms with van der Waals surface area (Å²) in [4.78, 5) is 4.27. The fraction of sp³-hybridized carbons (Fsp3) is 0.308. The number of aliphatic hydroxyl groups is 2. The summed E-state index contributed by atoms with van der Waals surface area (Å²) < 4.78 is 2.75. The Hall–Kier alpha value is -0.880. The molecule has 1 aromatic heterocycles. The number of hydrogen-bond acceptors (Lipinski definition) is 3. The summed E-state index contributed by atoms with van der Waals surface area (Å²) in [7, 11) is 0. The summed E-state index contributed by atoms with van der Waals surface area (Å²) in [6, 6.07) is 5.69. The normalized spacial score (nSPS) is 12.6. The van der Waals surface area contributed by atoms with Crippen molar-refractivity contribution in [3.05, 3.63) is 51.5 Å². The third kappa shape index (κ3) is 4.04. The molecule has 19 heavy (non-hydrogen) atoms. The van der Waals surface area contributed by atoms with Crippen LogP contribution in [0.15, 0.2) is 35.1 Å². The van der Waals surface area contributed by atoms with Gasteiger partial charge in [0, 0.05) is 28.3 Å². The fourth-order valence-electron chi connectivity index (χ4n) is 1.85. The minimum absolute atomic E-state index is 0.264. The van der Waals surface area contributed by atoms with E-state index in [-0.39, 0.29) is 6.61 Å². The molecule has 0 radical (unpaired) electrons. The van der Waals surface area contributed by atoms with Crippen molar-refractivity contribution in [2.75, 3.05) is 6.61 Å². The Morgan fingerprint density at radius 3 is 2.84 bits per heavy atom. The summed E-state index contributed by atoms with van der Waals surface area (Å²) in [5.74, 6) is 0.821. The lowest BCUT2D eigenvalue weighted by Crippen LogP contribution is -2.20. The van der Waals surface area contributed by atoms with E-state index in [1.165, 1.54) is 0 Å². The van der Waals surface area contributed by atoms with Gasteiger partial charge in [0.25, 0.3) is 0 Å². The highest BCUT2D eigenvalue weighted by Gasteiger charge is 2.09. The molecule has 1 aromatic carbocycles. The molecule has 1 unspecified atom stereocenters. The first-order chi connectivity index (χ1) is 9.08. The number of nitrogens with zero attached hydrogens (tertiary/aromatic N) is 2. The minimum atomic E-state index is -0.779. The maximum atomic E-state index is 9.48. The molecule has 0 fully saturated rings. The molecule has 0 saturated carbocycles. The van der Waals surface area contributed by atoms with E-state index in [2.05, 4.69) is 20.9 Å². The third-order valence-corrected chi connectivity index (χ3v) is 3.38. The minimum Gasteiger partial charge on any atom is -0.394 e. The number of aliphatic hydroxyl groups excluding tert-OH is 2. The number of hydrogen-bond donors (Lipinski definition) is 2. The average molecular weight is 346 g/mol. The Kier molecular flexibility index (Phi) is 4.99. The maximum Gasteiger partial charge on any atom is 0.113 e. The van der Waals surface area contributed by atoms with Crippen LogP contribution in [0.1, 0.15) is 11.4 Å². The van der Waals surface area contributed by atoms with Crippen LogP contribution in [0.4, 0.5) is 0 Å². The summed E-state index contributed by atoms with van der Waals surface area (Å²) >= 11 is 9.41. The Balaban J connectivity index is 2.17. The van der Waals surface area contributed by atoms with Crippen molar-refractivity contribution >= 4 is 27.5 Å². The molecular weight excluding hydrogens is 332 g/mol. The molecule has 0 aliphatic carbocycles. The molecule has 0 spiro atoms. The van der Waals surface area contributed by atoms with Gasteiger partial charge in [-0.25, -0.2) is 4.98 Å². The highest BCUT2D eigenvalue weighted by Crippen LogP contribution is 2.21. The van der Waals surface area contributed by atoms with Crippen molar-refractivity contribution in [1.82, 2.24) is 9.55 Å². The van der Waals surface area contributed by atoms with E-state index < -0.39 is 6.10 Å². The van der Waals surface area contributed by atoms with Gasteiger partial charge in [0.05, 0.1) is 19.3 Å². The van der Waals surface area contributed by atoms with Gasteiger partial charge in [-0.15, -0.1) is 0 Å². The predicted octanol–water partition coefficient (Wildman–Crippen LogP) is 2.24. The fourth-order valence-corrected chi connectivity index (χ4v) is 2.78. The van der Waals surface area contributed by atoms with Crippen molar-refractivity contribution in [2.24, 2.45) is 0 Å². The Bertz CT molecular complexity index is 539. The van der Waals surface area contributed by atoms with Crippen LogP contribution in [-0.2, 0) is 13.0 Å². The molecule has 6 heteroatoms. The van der Waals surface area contributed by atoms with Crippen molar-refractivity contribution in [2.45, 2.75) is 19.1 Å². The second-order valence-electron chi connectivity index (χ2n) is 4.29. The number of rotatable bonds is 5. The zero-order valence-corrected chi connectivity index (χ0v) is 12.5. The van der Waals surface area contributed by atoms with Crippen LogP contribution >= 0.6 is 27.5 Å². The number of aromatic nitrogens is 2. The molecule has 0 aliphatic rings. The molecule has 4 nitrogen and oxygen atoms in total. The van der Waals surface area contributed by atoms with Crippen LogP contribution in [-0.4, -0.2) is 32.5 Å². The monoisotopic (exact) mass is 344 g/mol. The van der Waals surface area contributed by atoms with Crippen molar-refractivity contribution in [1.29, 1.82) is 0 Å². The standard InChI is InChI=1S/C13H14BrClN2O2/c14-10-3-9(4-11(15)6-10)5-13-16-1-2-17(13)7-12(19)8-18/h1-4,6,12,18-19H,5,7-8H2. The molecule has 2 aromatic rings. The predicted molar refractivity (Wildman–Crippen MR) is 77.3 cm³/mol. The second kappa shape index (κ2) is 6.52. The Labute approximate surface area is 124 Å². The topological polar surface area (TPSA) is 58.3 Å². The van der Waals surface area contributed by atoms with E-state index in [4.69, 9.17) is 16.7 Å². The van der Waals surface area contributed by atoms with E-state index in [0.29, 0.717) is 18.0 Å². The largest absolute Gasteiger partial charge is 0.394 e. The van der Waals surface area contributed by atoms with Crippen molar-refractivity contribution in [3.8, 4) is 0 Å². The molecule has 2 N–H and O–H groups in total.